The first kappa shape index (κ1) is 11.1. The number of benzene rings is 1. The molecule has 1 heterocycles. The summed E-state index contributed by atoms with van der Waals surface area (Å²) in [6, 6.07) is 12.4. The third kappa shape index (κ3) is 2.61. The minimum absolute atomic E-state index is 0.243. The number of hydrogen-bond donors (Lipinski definition) is 1. The molecule has 0 radical (unpaired) electrons. The molecule has 2 nitrogen and oxygen atoms in total. The Kier molecular flexibility index (Phi) is 3.57. The Bertz CT molecular complexity index is 456. The molecule has 16 heavy (non-hydrogen) atoms. The fraction of sp³-hybridized carbons (Fsp3) is 0.154. The molecular formula is C13H13BrN2. The Morgan fingerprint density at radius 3 is 2.69 bits per heavy atom. The van der Waals surface area contributed by atoms with Crippen LogP contribution in [0.4, 0.5) is 5.69 Å². The second-order valence-electron chi connectivity index (χ2n) is 3.63. The summed E-state index contributed by atoms with van der Waals surface area (Å²) in [6.45, 7) is 2.12. The molecule has 2 aromatic rings. The van der Waals surface area contributed by atoms with E-state index >= 15 is 0 Å². The molecule has 0 saturated heterocycles. The lowest BCUT2D eigenvalue weighted by molar-refractivity contribution is 0.874. The minimum atomic E-state index is 0.243. The quantitative estimate of drug-likeness (QED) is 0.916. The number of anilines is 1. The molecule has 3 heteroatoms. The van der Waals surface area contributed by atoms with E-state index in [1.165, 1.54) is 5.56 Å². The van der Waals surface area contributed by atoms with Crippen LogP contribution in [-0.2, 0) is 0 Å². The minimum Gasteiger partial charge on any atom is -0.378 e. The number of pyridine rings is 1. The van der Waals surface area contributed by atoms with Crippen molar-refractivity contribution in [3.8, 4) is 0 Å². The van der Waals surface area contributed by atoms with Crippen LogP contribution in [0, 0.1) is 0 Å². The highest BCUT2D eigenvalue weighted by Gasteiger charge is 2.06. The lowest BCUT2D eigenvalue weighted by Crippen LogP contribution is -2.07. The summed E-state index contributed by atoms with van der Waals surface area (Å²) in [6.07, 6.45) is 3.67. The van der Waals surface area contributed by atoms with Crippen LogP contribution in [-0.4, -0.2) is 4.98 Å². The van der Waals surface area contributed by atoms with Crippen LogP contribution in [0.1, 0.15) is 18.5 Å². The second-order valence-corrected chi connectivity index (χ2v) is 4.49. The molecule has 1 atom stereocenters. The predicted molar refractivity (Wildman–Crippen MR) is 70.4 cm³/mol. The zero-order valence-electron chi connectivity index (χ0n) is 9.02. The van der Waals surface area contributed by atoms with Crippen LogP contribution in [0.5, 0.6) is 0 Å². The van der Waals surface area contributed by atoms with Gasteiger partial charge < -0.3 is 5.32 Å². The van der Waals surface area contributed by atoms with Gasteiger partial charge in [0, 0.05) is 22.6 Å². The molecule has 0 spiro atoms. The van der Waals surface area contributed by atoms with Gasteiger partial charge in [-0.15, -0.1) is 0 Å². The van der Waals surface area contributed by atoms with Crippen molar-refractivity contribution in [2.45, 2.75) is 13.0 Å². The lowest BCUT2D eigenvalue weighted by Gasteiger charge is -2.16. The monoisotopic (exact) mass is 276 g/mol. The van der Waals surface area contributed by atoms with E-state index in [9.17, 15) is 0 Å². The van der Waals surface area contributed by atoms with Gasteiger partial charge in [-0.25, -0.2) is 0 Å². The van der Waals surface area contributed by atoms with E-state index in [1.807, 2.05) is 30.5 Å². The zero-order chi connectivity index (χ0) is 11.4. The zero-order valence-corrected chi connectivity index (χ0v) is 10.6. The highest BCUT2D eigenvalue weighted by Crippen LogP contribution is 2.25. The van der Waals surface area contributed by atoms with Crippen LogP contribution in [0.25, 0.3) is 0 Å². The summed E-state index contributed by atoms with van der Waals surface area (Å²) in [7, 11) is 0. The molecule has 1 aromatic carbocycles. The van der Waals surface area contributed by atoms with Crippen LogP contribution in [0.2, 0.25) is 0 Å². The summed E-state index contributed by atoms with van der Waals surface area (Å²) in [5, 5.41) is 3.44. The van der Waals surface area contributed by atoms with Gasteiger partial charge in [0.05, 0.1) is 6.04 Å². The maximum Gasteiger partial charge on any atom is 0.0501 e. The van der Waals surface area contributed by atoms with Crippen LogP contribution in [0.3, 0.4) is 0 Å². The molecule has 0 aliphatic carbocycles. The maximum absolute atomic E-state index is 4.12. The Morgan fingerprint density at radius 2 is 2.00 bits per heavy atom. The number of nitrogens with one attached hydrogen (secondary N) is 1. The standard InChI is InChI=1S/C13H13BrN2/c1-10(11-5-4-8-15-9-11)16-13-7-3-2-6-12(13)14/h2-10,16H,1H3. The van der Waals surface area contributed by atoms with Crippen molar-refractivity contribution in [1.29, 1.82) is 0 Å². The van der Waals surface area contributed by atoms with Crippen molar-refractivity contribution in [3.63, 3.8) is 0 Å². The average molecular weight is 277 g/mol. The number of nitrogens with zero attached hydrogens (tertiary/aromatic N) is 1. The fourth-order valence-corrected chi connectivity index (χ4v) is 1.93. The fourth-order valence-electron chi connectivity index (χ4n) is 1.53. The molecule has 1 aromatic heterocycles. The average Bonchev–Trinajstić information content (AvgIpc) is 2.33. The smallest absolute Gasteiger partial charge is 0.0501 e. The summed E-state index contributed by atoms with van der Waals surface area (Å²) in [4.78, 5) is 4.12. The van der Waals surface area contributed by atoms with E-state index in [0.29, 0.717) is 0 Å². The summed E-state index contributed by atoms with van der Waals surface area (Å²) in [5.74, 6) is 0. The molecule has 82 valence electrons. The van der Waals surface area contributed by atoms with Crippen molar-refractivity contribution in [2.24, 2.45) is 0 Å². The maximum atomic E-state index is 4.12. The van der Waals surface area contributed by atoms with Gasteiger partial charge in [-0.05, 0) is 46.6 Å². The summed E-state index contributed by atoms with van der Waals surface area (Å²) < 4.78 is 1.07. The molecule has 0 fully saturated rings. The topological polar surface area (TPSA) is 24.9 Å². The van der Waals surface area contributed by atoms with Crippen LogP contribution >= 0.6 is 15.9 Å². The van der Waals surface area contributed by atoms with Gasteiger partial charge in [0.25, 0.3) is 0 Å². The van der Waals surface area contributed by atoms with Crippen molar-refractivity contribution < 1.29 is 0 Å². The molecular weight excluding hydrogens is 264 g/mol. The van der Waals surface area contributed by atoms with Gasteiger partial charge in [-0.3, -0.25) is 4.98 Å². The highest BCUT2D eigenvalue weighted by atomic mass is 79.9. The van der Waals surface area contributed by atoms with Gasteiger partial charge in [0.15, 0.2) is 0 Å². The van der Waals surface area contributed by atoms with Gasteiger partial charge in [0.1, 0.15) is 0 Å². The first-order valence-electron chi connectivity index (χ1n) is 5.18. The van der Waals surface area contributed by atoms with Crippen LogP contribution in [0.15, 0.2) is 53.3 Å². The third-order valence-electron chi connectivity index (χ3n) is 2.43. The highest BCUT2D eigenvalue weighted by molar-refractivity contribution is 9.10. The molecule has 0 saturated carbocycles. The second kappa shape index (κ2) is 5.12. The normalized spacial score (nSPS) is 12.1. The van der Waals surface area contributed by atoms with Crippen LogP contribution < -0.4 is 5.32 Å². The summed E-state index contributed by atoms with van der Waals surface area (Å²) >= 11 is 3.52. The number of halogens is 1. The van der Waals surface area contributed by atoms with E-state index in [2.05, 4.69) is 45.3 Å². The van der Waals surface area contributed by atoms with Crippen molar-refractivity contribution in [3.05, 3.63) is 58.8 Å². The molecule has 0 aliphatic rings. The Hall–Kier alpha value is -1.35. The molecule has 2 rings (SSSR count). The number of hydrogen-bond acceptors (Lipinski definition) is 2. The van der Waals surface area contributed by atoms with Crippen molar-refractivity contribution >= 4 is 21.6 Å². The molecule has 1 N–H and O–H groups in total. The Labute approximate surface area is 104 Å². The van der Waals surface area contributed by atoms with Gasteiger partial charge in [0.2, 0.25) is 0 Å². The number of aromatic nitrogens is 1. The lowest BCUT2D eigenvalue weighted by atomic mass is 10.1. The van der Waals surface area contributed by atoms with Crippen molar-refractivity contribution in [2.75, 3.05) is 5.32 Å². The number of para-hydroxylation sites is 1. The largest absolute Gasteiger partial charge is 0.378 e. The summed E-state index contributed by atoms with van der Waals surface area (Å²) in [5.41, 5.74) is 2.28. The van der Waals surface area contributed by atoms with E-state index < -0.39 is 0 Å². The van der Waals surface area contributed by atoms with E-state index in [4.69, 9.17) is 0 Å². The SMILES string of the molecule is CC(Nc1ccccc1Br)c1cccnc1. The van der Waals surface area contributed by atoms with E-state index in [0.717, 1.165) is 10.2 Å². The first-order valence-corrected chi connectivity index (χ1v) is 5.97. The molecule has 0 amide bonds. The van der Waals surface area contributed by atoms with Gasteiger partial charge in [-0.1, -0.05) is 18.2 Å². The predicted octanol–water partition coefficient (Wildman–Crippen LogP) is 4.02. The van der Waals surface area contributed by atoms with E-state index in [1.54, 1.807) is 6.20 Å². The Morgan fingerprint density at radius 1 is 1.19 bits per heavy atom. The van der Waals surface area contributed by atoms with Crippen molar-refractivity contribution in [1.82, 2.24) is 4.98 Å². The van der Waals surface area contributed by atoms with E-state index in [-0.39, 0.29) is 6.04 Å². The molecule has 0 aliphatic heterocycles. The first-order chi connectivity index (χ1) is 7.77. The molecule has 0 bridgehead atoms. The van der Waals surface area contributed by atoms with Gasteiger partial charge in [-0.2, -0.15) is 0 Å². The van der Waals surface area contributed by atoms with Gasteiger partial charge >= 0.3 is 0 Å². The molecule has 1 unspecified atom stereocenters. The third-order valence-corrected chi connectivity index (χ3v) is 3.12. The Balaban J connectivity index is 2.14. The number of rotatable bonds is 3.